The third-order valence-corrected chi connectivity index (χ3v) is 6.66. The largest absolute Gasteiger partial charge is 0.480 e. The number of carbonyl (C=O) groups is 2. The van der Waals surface area contributed by atoms with Gasteiger partial charge in [0.25, 0.3) is 5.91 Å². The number of aromatic nitrogens is 1. The number of amides is 1. The summed E-state index contributed by atoms with van der Waals surface area (Å²) in [6.45, 7) is 2.00. The Morgan fingerprint density at radius 3 is 2.50 bits per heavy atom. The number of para-hydroxylation sites is 1. The van der Waals surface area contributed by atoms with Crippen molar-refractivity contribution in [2.45, 2.75) is 19.4 Å². The van der Waals surface area contributed by atoms with Crippen molar-refractivity contribution >= 4 is 46.7 Å². The standard InChI is InChI=1S/C30H28N2O3S/c1-20-7-3-5-9-24(20)26-18-21(11-12-22-17-23-8-4-6-10-27(23)31-19-22)13-14-25(26)29(33)32-28(30(34)35)15-16-36-2/h3-14,17-19,28H,15-16H2,1-2H3,(H,32,33)(H,34,35)/t28-/m0/s1. The van der Waals surface area contributed by atoms with Gasteiger partial charge < -0.3 is 10.4 Å². The van der Waals surface area contributed by atoms with Crippen molar-refractivity contribution in [3.8, 4) is 11.1 Å². The molecule has 1 amide bonds. The fourth-order valence-corrected chi connectivity index (χ4v) is 4.53. The van der Waals surface area contributed by atoms with Crippen LogP contribution in [-0.2, 0) is 4.79 Å². The van der Waals surface area contributed by atoms with Crippen molar-refractivity contribution in [1.82, 2.24) is 10.3 Å². The molecule has 0 saturated carbocycles. The molecule has 0 radical (unpaired) electrons. The van der Waals surface area contributed by atoms with Crippen LogP contribution >= 0.6 is 11.8 Å². The van der Waals surface area contributed by atoms with E-state index in [4.69, 9.17) is 0 Å². The maximum Gasteiger partial charge on any atom is 0.326 e. The molecule has 0 aliphatic carbocycles. The maximum atomic E-state index is 13.2. The summed E-state index contributed by atoms with van der Waals surface area (Å²) in [5.41, 5.74) is 6.03. The quantitative estimate of drug-likeness (QED) is 0.284. The van der Waals surface area contributed by atoms with Crippen LogP contribution in [0.25, 0.3) is 34.2 Å². The minimum atomic E-state index is -1.03. The highest BCUT2D eigenvalue weighted by atomic mass is 32.2. The molecule has 0 fully saturated rings. The lowest BCUT2D eigenvalue weighted by molar-refractivity contribution is -0.139. The summed E-state index contributed by atoms with van der Waals surface area (Å²) < 4.78 is 0. The molecule has 0 aliphatic rings. The topological polar surface area (TPSA) is 79.3 Å². The van der Waals surface area contributed by atoms with E-state index in [-0.39, 0.29) is 0 Å². The second-order valence-corrected chi connectivity index (χ2v) is 9.55. The molecule has 2 N–H and O–H groups in total. The van der Waals surface area contributed by atoms with Gasteiger partial charge in [-0.3, -0.25) is 9.78 Å². The van der Waals surface area contributed by atoms with E-state index in [0.29, 0.717) is 17.7 Å². The third-order valence-electron chi connectivity index (χ3n) is 6.02. The number of carbonyl (C=O) groups excluding carboxylic acids is 1. The summed E-state index contributed by atoms with van der Waals surface area (Å²) in [5.74, 6) is -0.774. The highest BCUT2D eigenvalue weighted by Gasteiger charge is 2.22. The number of aliphatic carboxylic acids is 1. The molecule has 5 nitrogen and oxygen atoms in total. The van der Waals surface area contributed by atoms with Crippen LogP contribution in [0, 0.1) is 6.92 Å². The lowest BCUT2D eigenvalue weighted by atomic mass is 9.93. The fourth-order valence-electron chi connectivity index (χ4n) is 4.06. The Morgan fingerprint density at radius 2 is 1.72 bits per heavy atom. The molecule has 0 saturated heterocycles. The summed E-state index contributed by atoms with van der Waals surface area (Å²) in [6, 6.07) is 22.6. The Balaban J connectivity index is 1.68. The number of rotatable bonds is 9. The summed E-state index contributed by atoms with van der Waals surface area (Å²) in [6.07, 6.45) is 8.11. The van der Waals surface area contributed by atoms with Crippen LogP contribution in [0.1, 0.15) is 33.5 Å². The minimum absolute atomic E-state index is 0.364. The van der Waals surface area contributed by atoms with E-state index in [0.717, 1.165) is 38.7 Å². The minimum Gasteiger partial charge on any atom is -0.480 e. The number of pyridine rings is 1. The van der Waals surface area contributed by atoms with Crippen molar-refractivity contribution < 1.29 is 14.7 Å². The predicted octanol–water partition coefficient (Wildman–Crippen LogP) is 6.32. The summed E-state index contributed by atoms with van der Waals surface area (Å²) >= 11 is 1.55. The van der Waals surface area contributed by atoms with Gasteiger partial charge >= 0.3 is 5.97 Å². The number of nitrogens with zero attached hydrogens (tertiary/aromatic N) is 1. The molecule has 36 heavy (non-hydrogen) atoms. The van der Waals surface area contributed by atoms with Crippen LogP contribution in [0.15, 0.2) is 79.0 Å². The molecule has 4 aromatic rings. The van der Waals surface area contributed by atoms with Gasteiger partial charge in [0.05, 0.1) is 5.52 Å². The number of hydrogen-bond acceptors (Lipinski definition) is 4. The fraction of sp³-hybridized carbons (Fsp3) is 0.167. The van der Waals surface area contributed by atoms with Gasteiger partial charge in [-0.1, -0.05) is 60.7 Å². The van der Waals surface area contributed by atoms with Gasteiger partial charge in [-0.25, -0.2) is 4.79 Å². The number of benzene rings is 3. The molecule has 3 aromatic carbocycles. The molecular formula is C30H28N2O3S. The number of hydrogen-bond donors (Lipinski definition) is 2. The predicted molar refractivity (Wildman–Crippen MR) is 149 cm³/mol. The van der Waals surface area contributed by atoms with Crippen molar-refractivity contribution in [3.63, 3.8) is 0 Å². The molecule has 182 valence electrons. The molecule has 6 heteroatoms. The van der Waals surface area contributed by atoms with Gasteiger partial charge in [-0.15, -0.1) is 0 Å². The highest BCUT2D eigenvalue weighted by molar-refractivity contribution is 7.98. The van der Waals surface area contributed by atoms with E-state index < -0.39 is 17.9 Å². The van der Waals surface area contributed by atoms with Gasteiger partial charge in [0.2, 0.25) is 0 Å². The Morgan fingerprint density at radius 1 is 0.972 bits per heavy atom. The Kier molecular flexibility index (Phi) is 8.18. The van der Waals surface area contributed by atoms with Gasteiger partial charge in [0.1, 0.15) is 6.04 Å². The van der Waals surface area contributed by atoms with Crippen LogP contribution in [0.3, 0.4) is 0 Å². The Bertz CT molecular complexity index is 1430. The zero-order valence-corrected chi connectivity index (χ0v) is 21.1. The molecule has 0 unspecified atom stereocenters. The third kappa shape index (κ3) is 6.01. The molecule has 4 rings (SSSR count). The van der Waals surface area contributed by atoms with E-state index in [2.05, 4.69) is 16.4 Å². The molecule has 1 aromatic heterocycles. The first-order valence-electron chi connectivity index (χ1n) is 11.7. The van der Waals surface area contributed by atoms with Crippen LogP contribution in [0.4, 0.5) is 0 Å². The number of aryl methyl sites for hydroxylation is 1. The van der Waals surface area contributed by atoms with Crippen molar-refractivity contribution in [3.05, 3.63) is 101 Å². The number of carboxylic acids is 1. The average Bonchev–Trinajstić information content (AvgIpc) is 2.89. The van der Waals surface area contributed by atoms with Gasteiger partial charge in [0.15, 0.2) is 0 Å². The molecule has 1 heterocycles. The van der Waals surface area contributed by atoms with E-state index in [1.165, 1.54) is 0 Å². The van der Waals surface area contributed by atoms with Gasteiger partial charge in [-0.05, 0) is 77.4 Å². The lowest BCUT2D eigenvalue weighted by Crippen LogP contribution is -2.41. The number of fused-ring (bicyclic) bond motifs is 1. The Labute approximate surface area is 215 Å². The second kappa shape index (κ2) is 11.7. The number of nitrogens with one attached hydrogen (secondary N) is 1. The summed E-state index contributed by atoms with van der Waals surface area (Å²) in [4.78, 5) is 29.5. The molecule has 0 aliphatic heterocycles. The van der Waals surface area contributed by atoms with E-state index in [9.17, 15) is 14.7 Å². The highest BCUT2D eigenvalue weighted by Crippen LogP contribution is 2.29. The first-order valence-corrected chi connectivity index (χ1v) is 13.1. The zero-order valence-electron chi connectivity index (χ0n) is 20.3. The monoisotopic (exact) mass is 496 g/mol. The van der Waals surface area contributed by atoms with Crippen molar-refractivity contribution in [2.75, 3.05) is 12.0 Å². The van der Waals surface area contributed by atoms with Gasteiger partial charge in [0, 0.05) is 17.1 Å². The molecule has 0 bridgehead atoms. The first kappa shape index (κ1) is 25.2. The second-order valence-electron chi connectivity index (χ2n) is 8.56. The van der Waals surface area contributed by atoms with Crippen LogP contribution in [-0.4, -0.2) is 40.0 Å². The normalized spacial score (nSPS) is 12.1. The summed E-state index contributed by atoms with van der Waals surface area (Å²) in [5, 5.41) is 13.4. The maximum absolute atomic E-state index is 13.2. The molecule has 0 spiro atoms. The van der Waals surface area contributed by atoms with Crippen LogP contribution in [0.5, 0.6) is 0 Å². The van der Waals surface area contributed by atoms with E-state index in [1.807, 2.05) is 92.2 Å². The van der Waals surface area contributed by atoms with Gasteiger partial charge in [-0.2, -0.15) is 11.8 Å². The lowest BCUT2D eigenvalue weighted by Gasteiger charge is -2.17. The van der Waals surface area contributed by atoms with E-state index in [1.54, 1.807) is 17.8 Å². The van der Waals surface area contributed by atoms with E-state index >= 15 is 0 Å². The Hall–Kier alpha value is -3.90. The number of thioether (sulfide) groups is 1. The number of carboxylic acid groups (broad SMARTS) is 1. The zero-order chi connectivity index (χ0) is 25.5. The van der Waals surface area contributed by atoms with Crippen molar-refractivity contribution in [1.29, 1.82) is 0 Å². The van der Waals surface area contributed by atoms with Crippen molar-refractivity contribution in [2.24, 2.45) is 0 Å². The van der Waals surface area contributed by atoms with Crippen LogP contribution < -0.4 is 5.32 Å². The SMILES string of the molecule is CSCC[C@H](NC(=O)c1ccc(C=Cc2cnc3ccccc3c2)cc1-c1ccccc1C)C(=O)O. The average molecular weight is 497 g/mol. The first-order chi connectivity index (χ1) is 17.5. The molecular weight excluding hydrogens is 468 g/mol. The molecule has 1 atom stereocenters. The summed E-state index contributed by atoms with van der Waals surface area (Å²) in [7, 11) is 0. The smallest absolute Gasteiger partial charge is 0.326 e. The van der Waals surface area contributed by atoms with Crippen LogP contribution in [0.2, 0.25) is 0 Å².